The average Bonchev–Trinajstić information content (AvgIpc) is 3.97. The molecule has 0 aliphatic carbocycles. The zero-order chi connectivity index (χ0) is 38.2. The van der Waals surface area contributed by atoms with E-state index in [1.165, 1.54) is 22.7 Å². The number of nitrogens with zero attached hydrogens (tertiary/aromatic N) is 7. The molecular weight excluding hydrogens is 765 g/mol. The number of fused-ring (bicyclic) bond motifs is 3. The van der Waals surface area contributed by atoms with E-state index < -0.39 is 5.97 Å². The number of aromatic carboxylic acids is 1. The lowest BCUT2D eigenvalue weighted by Crippen LogP contribution is -2.44. The molecule has 9 rings (SSSR count). The molecule has 15 heteroatoms. The molecule has 12 nitrogen and oxygen atoms in total. The Morgan fingerprint density at radius 1 is 0.911 bits per heavy atom. The number of aryl methyl sites for hydroxylation is 1. The number of carboxylic acid groups (broad SMARTS) is 1. The van der Waals surface area contributed by atoms with Gasteiger partial charge >= 0.3 is 5.97 Å². The normalized spacial score (nSPS) is 14.7. The van der Waals surface area contributed by atoms with Crippen LogP contribution in [0, 0.1) is 0 Å². The lowest BCUT2D eigenvalue weighted by molar-refractivity contribution is 0.0690. The Balaban J connectivity index is 0.832. The lowest BCUT2D eigenvalue weighted by Gasteiger charge is -2.33. The number of rotatable bonds is 11. The number of ether oxygens (including phenoxy) is 1. The standard InChI is InChI=1S/C41H38N8O4S3/c1-47-17-19-48(20-18-47)37-36-34(42-24-43-37)30(23-54-36)26-11-13-27(14-12-26)53-21-5-10-33-35(39(51)52)45-41(56-33)49-16-15-25-6-4-7-28(29(25)22-49)38(50)46-40-44-31-8-2-3-9-32(31)55-40/h2-4,6-9,11-14,23-24H,5,10,15-22H2,1H3,(H,51,52)(H,44,46,50). The minimum atomic E-state index is -1.05. The minimum Gasteiger partial charge on any atom is -0.494 e. The number of piperazine rings is 1. The van der Waals surface area contributed by atoms with Crippen molar-refractivity contribution in [1.82, 2.24) is 24.8 Å². The fourth-order valence-electron chi connectivity index (χ4n) is 7.30. The number of carbonyl (C=O) groups excluding carboxylic acids is 1. The maximum absolute atomic E-state index is 13.5. The van der Waals surface area contributed by atoms with Crippen molar-refractivity contribution >= 4 is 82.4 Å². The first kappa shape index (κ1) is 36.2. The van der Waals surface area contributed by atoms with Crippen LogP contribution >= 0.6 is 34.0 Å². The number of benzene rings is 3. The summed E-state index contributed by atoms with van der Waals surface area (Å²) in [5, 5.41) is 16.4. The van der Waals surface area contributed by atoms with Crippen molar-refractivity contribution in [3.63, 3.8) is 0 Å². The fraction of sp³-hybridized carbons (Fsp3) is 0.268. The van der Waals surface area contributed by atoms with Gasteiger partial charge in [-0.1, -0.05) is 47.7 Å². The van der Waals surface area contributed by atoms with Crippen LogP contribution in [0.15, 0.2) is 78.4 Å². The molecule has 3 aromatic carbocycles. The van der Waals surface area contributed by atoms with Crippen molar-refractivity contribution in [2.24, 2.45) is 0 Å². The molecule has 1 saturated heterocycles. The number of thiazole rings is 2. The summed E-state index contributed by atoms with van der Waals surface area (Å²) in [5.41, 5.74) is 6.63. The van der Waals surface area contributed by atoms with E-state index >= 15 is 0 Å². The molecule has 0 saturated carbocycles. The van der Waals surface area contributed by atoms with E-state index in [1.807, 2.05) is 48.5 Å². The quantitative estimate of drug-likeness (QED) is 0.125. The first-order valence-electron chi connectivity index (χ1n) is 18.5. The smallest absolute Gasteiger partial charge is 0.355 e. The van der Waals surface area contributed by atoms with Crippen LogP contribution in [0.1, 0.15) is 43.3 Å². The number of amides is 1. The summed E-state index contributed by atoms with van der Waals surface area (Å²) in [7, 11) is 2.15. The van der Waals surface area contributed by atoms with Gasteiger partial charge in [0, 0.05) is 60.7 Å². The third kappa shape index (κ3) is 7.30. The van der Waals surface area contributed by atoms with Crippen LogP contribution in [0.2, 0.25) is 0 Å². The van der Waals surface area contributed by atoms with Gasteiger partial charge < -0.3 is 24.5 Å². The highest BCUT2D eigenvalue weighted by Crippen LogP contribution is 2.38. The first-order valence-corrected chi connectivity index (χ1v) is 21.0. The highest BCUT2D eigenvalue weighted by molar-refractivity contribution is 7.22. The van der Waals surface area contributed by atoms with Crippen LogP contribution in [0.4, 0.5) is 16.1 Å². The average molecular weight is 803 g/mol. The minimum absolute atomic E-state index is 0.0737. The zero-order valence-corrected chi connectivity index (χ0v) is 33.1. The van der Waals surface area contributed by atoms with Crippen molar-refractivity contribution in [3.05, 3.63) is 106 Å². The number of anilines is 3. The summed E-state index contributed by atoms with van der Waals surface area (Å²) in [4.78, 5) is 51.7. The maximum Gasteiger partial charge on any atom is 0.355 e. The van der Waals surface area contributed by atoms with E-state index in [9.17, 15) is 14.7 Å². The topological polar surface area (TPSA) is 137 Å². The highest BCUT2D eigenvalue weighted by atomic mass is 32.1. The number of carbonyl (C=O) groups is 2. The van der Waals surface area contributed by atoms with Crippen LogP contribution in [0.25, 0.3) is 31.6 Å². The number of hydrogen-bond acceptors (Lipinski definition) is 13. The number of nitrogens with one attached hydrogen (secondary N) is 1. The van der Waals surface area contributed by atoms with E-state index in [0.717, 1.165) is 86.9 Å². The Bertz CT molecular complexity index is 2530. The predicted octanol–water partition coefficient (Wildman–Crippen LogP) is 7.70. The molecule has 0 spiro atoms. The van der Waals surface area contributed by atoms with Crippen molar-refractivity contribution in [2.75, 3.05) is 61.5 Å². The van der Waals surface area contributed by atoms with E-state index in [0.29, 0.717) is 53.2 Å². The third-order valence-electron chi connectivity index (χ3n) is 10.3. The molecule has 4 aromatic heterocycles. The van der Waals surface area contributed by atoms with Gasteiger partial charge in [0.2, 0.25) is 0 Å². The molecule has 284 valence electrons. The Morgan fingerprint density at radius 3 is 2.57 bits per heavy atom. The van der Waals surface area contributed by atoms with E-state index in [2.05, 4.69) is 70.6 Å². The van der Waals surface area contributed by atoms with Gasteiger partial charge in [-0.15, -0.1) is 22.7 Å². The second-order valence-corrected chi connectivity index (χ2v) is 16.9. The van der Waals surface area contributed by atoms with Gasteiger partial charge in [-0.2, -0.15) is 0 Å². The number of para-hydroxylation sites is 1. The fourth-order valence-corrected chi connectivity index (χ4v) is 10.3. The molecule has 0 radical (unpaired) electrons. The van der Waals surface area contributed by atoms with Crippen LogP contribution in [0.3, 0.4) is 0 Å². The Morgan fingerprint density at radius 2 is 1.75 bits per heavy atom. The van der Waals surface area contributed by atoms with Gasteiger partial charge in [-0.05, 0) is 73.3 Å². The number of thiophene rings is 1. The number of likely N-dealkylation sites (N-methyl/N-ethyl adjacent to an activating group) is 1. The van der Waals surface area contributed by atoms with E-state index in [4.69, 9.17) is 4.74 Å². The highest BCUT2D eigenvalue weighted by Gasteiger charge is 2.27. The second kappa shape index (κ2) is 15.6. The Hall–Kier alpha value is -5.48. The van der Waals surface area contributed by atoms with Crippen molar-refractivity contribution < 1.29 is 19.4 Å². The zero-order valence-electron chi connectivity index (χ0n) is 30.6. The van der Waals surface area contributed by atoms with Gasteiger partial charge in [0.1, 0.15) is 17.9 Å². The summed E-state index contributed by atoms with van der Waals surface area (Å²) in [6.45, 7) is 5.49. The molecule has 0 atom stereocenters. The Kier molecular flexibility index (Phi) is 10.1. The molecule has 1 amide bonds. The molecule has 6 heterocycles. The molecule has 56 heavy (non-hydrogen) atoms. The Labute approximate surface area is 335 Å². The molecule has 7 aromatic rings. The van der Waals surface area contributed by atoms with Crippen molar-refractivity contribution in [2.45, 2.75) is 25.8 Å². The molecule has 2 aliphatic heterocycles. The number of carboxylic acids is 1. The van der Waals surface area contributed by atoms with Crippen LogP contribution < -0.4 is 19.9 Å². The second-order valence-electron chi connectivity index (χ2n) is 13.9. The van der Waals surface area contributed by atoms with Crippen molar-refractivity contribution in [1.29, 1.82) is 0 Å². The number of hydrogen-bond donors (Lipinski definition) is 2. The summed E-state index contributed by atoms with van der Waals surface area (Å²) < 4.78 is 8.22. The van der Waals surface area contributed by atoms with E-state index in [-0.39, 0.29) is 11.6 Å². The lowest BCUT2D eigenvalue weighted by atomic mass is 9.94. The summed E-state index contributed by atoms with van der Waals surface area (Å²) in [6.07, 6.45) is 3.54. The van der Waals surface area contributed by atoms with Crippen LogP contribution in [0.5, 0.6) is 5.75 Å². The summed E-state index contributed by atoms with van der Waals surface area (Å²) in [6, 6.07) is 21.6. The SMILES string of the molecule is CN1CCN(c2ncnc3c(-c4ccc(OCCCc5sc(N6CCc7cccc(C(=O)Nc8nc9ccccc9s8)c7C6)nc5C(=O)O)cc4)csc23)CC1. The summed E-state index contributed by atoms with van der Waals surface area (Å²) in [5.74, 6) is 0.497. The van der Waals surface area contributed by atoms with Gasteiger partial charge in [0.15, 0.2) is 16.0 Å². The first-order chi connectivity index (χ1) is 27.4. The van der Waals surface area contributed by atoms with Crippen LogP contribution in [-0.4, -0.2) is 88.2 Å². The van der Waals surface area contributed by atoms with Gasteiger partial charge in [0.05, 0.1) is 27.0 Å². The largest absolute Gasteiger partial charge is 0.494 e. The van der Waals surface area contributed by atoms with Gasteiger partial charge in [0.25, 0.3) is 5.91 Å². The van der Waals surface area contributed by atoms with Crippen molar-refractivity contribution in [3.8, 4) is 16.9 Å². The molecule has 0 bridgehead atoms. The number of aromatic nitrogens is 4. The van der Waals surface area contributed by atoms with Gasteiger partial charge in [-0.3, -0.25) is 10.1 Å². The molecular formula is C41H38N8O4S3. The molecule has 0 unspecified atom stereocenters. The molecule has 1 fully saturated rings. The molecule has 2 aliphatic rings. The van der Waals surface area contributed by atoms with Gasteiger partial charge in [-0.25, -0.2) is 24.7 Å². The molecule has 2 N–H and O–H groups in total. The van der Waals surface area contributed by atoms with Crippen LogP contribution in [-0.2, 0) is 19.4 Å². The third-order valence-corrected chi connectivity index (χ3v) is 13.4. The monoisotopic (exact) mass is 802 g/mol. The van der Waals surface area contributed by atoms with E-state index in [1.54, 1.807) is 17.7 Å². The maximum atomic E-state index is 13.5. The summed E-state index contributed by atoms with van der Waals surface area (Å²) >= 11 is 4.53. The predicted molar refractivity (Wildman–Crippen MR) is 224 cm³/mol.